The van der Waals surface area contributed by atoms with Crippen molar-refractivity contribution in [2.24, 2.45) is 5.92 Å². The number of amides is 1. The summed E-state index contributed by atoms with van der Waals surface area (Å²) in [6.07, 6.45) is 1.15. The van der Waals surface area contributed by atoms with Crippen molar-refractivity contribution >= 4 is 22.9 Å². The molecule has 0 atom stereocenters. The quantitative estimate of drug-likeness (QED) is 0.510. The summed E-state index contributed by atoms with van der Waals surface area (Å²) in [4.78, 5) is 17.5. The first-order chi connectivity index (χ1) is 14.4. The molecule has 0 radical (unpaired) electrons. The van der Waals surface area contributed by atoms with Gasteiger partial charge >= 0.3 is 0 Å². The number of hydrogen-bond acceptors (Lipinski definition) is 4. The van der Waals surface area contributed by atoms with E-state index in [9.17, 15) is 4.79 Å². The maximum Gasteiger partial charge on any atom is 0.231 e. The SMILES string of the molecule is CCOCCCn1c(NC(=O)Cc2c(C)nn(CC(C)C)c2C)nc2ccccc21. The smallest absolute Gasteiger partial charge is 0.231 e. The molecular formula is C23H33N5O2. The topological polar surface area (TPSA) is 74.0 Å². The Morgan fingerprint density at radius 2 is 2.00 bits per heavy atom. The van der Waals surface area contributed by atoms with Gasteiger partial charge in [-0.3, -0.25) is 14.8 Å². The summed E-state index contributed by atoms with van der Waals surface area (Å²) in [7, 11) is 0. The van der Waals surface area contributed by atoms with E-state index in [0.29, 0.717) is 25.1 Å². The zero-order chi connectivity index (χ0) is 21.7. The van der Waals surface area contributed by atoms with Crippen molar-refractivity contribution in [2.45, 2.75) is 60.5 Å². The number of para-hydroxylation sites is 2. The fraction of sp³-hybridized carbons (Fsp3) is 0.522. The zero-order valence-corrected chi connectivity index (χ0v) is 18.7. The van der Waals surface area contributed by atoms with Crippen molar-refractivity contribution in [3.05, 3.63) is 41.2 Å². The lowest BCUT2D eigenvalue weighted by Gasteiger charge is -2.11. The number of aromatic nitrogens is 4. The first kappa shape index (κ1) is 22.0. The molecule has 0 spiro atoms. The van der Waals surface area contributed by atoms with Crippen molar-refractivity contribution in [2.75, 3.05) is 18.5 Å². The third kappa shape index (κ3) is 5.08. The molecule has 2 aromatic heterocycles. The van der Waals surface area contributed by atoms with Crippen LogP contribution in [0.2, 0.25) is 0 Å². The second-order valence-electron chi connectivity index (χ2n) is 8.08. The molecule has 3 aromatic rings. The van der Waals surface area contributed by atoms with Crippen LogP contribution in [-0.2, 0) is 29.0 Å². The van der Waals surface area contributed by atoms with E-state index in [1.54, 1.807) is 0 Å². The molecule has 0 saturated heterocycles. The molecule has 0 aliphatic carbocycles. The minimum atomic E-state index is -0.0772. The molecule has 7 nitrogen and oxygen atoms in total. The number of carbonyl (C=O) groups is 1. The van der Waals surface area contributed by atoms with Crippen LogP contribution in [0.4, 0.5) is 5.95 Å². The number of ether oxygens (including phenoxy) is 1. The van der Waals surface area contributed by atoms with Gasteiger partial charge in [0, 0.05) is 37.6 Å². The van der Waals surface area contributed by atoms with Gasteiger partial charge in [0.05, 0.1) is 23.1 Å². The van der Waals surface area contributed by atoms with E-state index in [1.807, 2.05) is 49.7 Å². The molecule has 3 rings (SSSR count). The van der Waals surface area contributed by atoms with Crippen LogP contribution in [0, 0.1) is 19.8 Å². The number of hydrogen-bond donors (Lipinski definition) is 1. The van der Waals surface area contributed by atoms with Crippen molar-refractivity contribution < 1.29 is 9.53 Å². The summed E-state index contributed by atoms with van der Waals surface area (Å²) in [5, 5.41) is 7.65. The van der Waals surface area contributed by atoms with Gasteiger partial charge in [0.15, 0.2) is 0 Å². The van der Waals surface area contributed by atoms with E-state index >= 15 is 0 Å². The minimum Gasteiger partial charge on any atom is -0.382 e. The number of fused-ring (bicyclic) bond motifs is 1. The van der Waals surface area contributed by atoms with Gasteiger partial charge in [-0.15, -0.1) is 0 Å². The standard InChI is InChI=1S/C23H33N5O2/c1-6-30-13-9-12-27-21-11-8-7-10-20(21)24-23(27)25-22(29)14-19-17(4)26-28(18(19)5)15-16(2)3/h7-8,10-11,16H,6,9,12-15H2,1-5H3,(H,24,25,29). The summed E-state index contributed by atoms with van der Waals surface area (Å²) in [5.41, 5.74) is 4.85. The summed E-state index contributed by atoms with van der Waals surface area (Å²) in [6.45, 7) is 13.3. The van der Waals surface area contributed by atoms with Crippen molar-refractivity contribution in [3.63, 3.8) is 0 Å². The van der Waals surface area contributed by atoms with Gasteiger partial charge < -0.3 is 9.30 Å². The first-order valence-electron chi connectivity index (χ1n) is 10.8. The number of imidazole rings is 1. The van der Waals surface area contributed by atoms with Gasteiger partial charge in [-0.25, -0.2) is 4.98 Å². The van der Waals surface area contributed by atoms with E-state index in [0.717, 1.165) is 47.5 Å². The number of carbonyl (C=O) groups excluding carboxylic acids is 1. The lowest BCUT2D eigenvalue weighted by Crippen LogP contribution is -2.19. The Kier molecular flexibility index (Phi) is 7.26. The number of aryl methyl sites for hydroxylation is 2. The molecule has 1 aromatic carbocycles. The van der Waals surface area contributed by atoms with E-state index in [-0.39, 0.29) is 12.3 Å². The van der Waals surface area contributed by atoms with Crippen LogP contribution in [0.5, 0.6) is 0 Å². The molecular weight excluding hydrogens is 378 g/mol. The monoisotopic (exact) mass is 411 g/mol. The number of rotatable bonds is 10. The average molecular weight is 412 g/mol. The zero-order valence-electron chi connectivity index (χ0n) is 18.7. The Bertz CT molecular complexity index is 1000. The highest BCUT2D eigenvalue weighted by Crippen LogP contribution is 2.21. The van der Waals surface area contributed by atoms with Crippen LogP contribution in [0.15, 0.2) is 24.3 Å². The highest BCUT2D eigenvalue weighted by Gasteiger charge is 2.18. The molecule has 7 heteroatoms. The largest absolute Gasteiger partial charge is 0.382 e. The van der Waals surface area contributed by atoms with Crippen molar-refractivity contribution in [1.29, 1.82) is 0 Å². The second kappa shape index (κ2) is 9.89. The summed E-state index contributed by atoms with van der Waals surface area (Å²) < 4.78 is 9.54. The average Bonchev–Trinajstić information content (AvgIpc) is 3.16. The fourth-order valence-corrected chi connectivity index (χ4v) is 3.71. The Labute approximate surface area is 178 Å². The Hall–Kier alpha value is -2.67. The van der Waals surface area contributed by atoms with Gasteiger partial charge in [-0.2, -0.15) is 5.10 Å². The number of anilines is 1. The van der Waals surface area contributed by atoms with E-state index in [4.69, 9.17) is 4.74 Å². The van der Waals surface area contributed by atoms with Crippen molar-refractivity contribution in [1.82, 2.24) is 19.3 Å². The van der Waals surface area contributed by atoms with E-state index in [1.165, 1.54) is 0 Å². The van der Waals surface area contributed by atoms with Crippen LogP contribution in [0.3, 0.4) is 0 Å². The third-order valence-corrected chi connectivity index (χ3v) is 5.19. The fourth-order valence-electron chi connectivity index (χ4n) is 3.71. The summed E-state index contributed by atoms with van der Waals surface area (Å²) >= 11 is 0. The molecule has 2 heterocycles. The number of nitrogens with zero attached hydrogens (tertiary/aromatic N) is 4. The highest BCUT2D eigenvalue weighted by molar-refractivity contribution is 5.93. The van der Waals surface area contributed by atoms with E-state index < -0.39 is 0 Å². The second-order valence-corrected chi connectivity index (χ2v) is 8.08. The maximum atomic E-state index is 12.9. The minimum absolute atomic E-state index is 0.0772. The number of nitrogens with one attached hydrogen (secondary N) is 1. The van der Waals surface area contributed by atoms with Crippen LogP contribution < -0.4 is 5.32 Å². The Balaban J connectivity index is 1.77. The normalized spacial score (nSPS) is 11.5. The first-order valence-corrected chi connectivity index (χ1v) is 10.8. The van der Waals surface area contributed by atoms with Gasteiger partial charge in [-0.05, 0) is 45.2 Å². The van der Waals surface area contributed by atoms with Gasteiger partial charge in [0.2, 0.25) is 11.9 Å². The van der Waals surface area contributed by atoms with Crippen LogP contribution in [0.25, 0.3) is 11.0 Å². The Morgan fingerprint density at radius 3 is 2.73 bits per heavy atom. The summed E-state index contributed by atoms with van der Waals surface area (Å²) in [6, 6.07) is 7.95. The molecule has 0 bridgehead atoms. The predicted octanol–water partition coefficient (Wildman–Crippen LogP) is 4.11. The molecule has 0 aliphatic heterocycles. The van der Waals surface area contributed by atoms with Gasteiger partial charge in [-0.1, -0.05) is 26.0 Å². The lowest BCUT2D eigenvalue weighted by atomic mass is 10.1. The molecule has 0 saturated carbocycles. The lowest BCUT2D eigenvalue weighted by molar-refractivity contribution is -0.115. The Morgan fingerprint density at radius 1 is 1.23 bits per heavy atom. The van der Waals surface area contributed by atoms with Gasteiger partial charge in [0.25, 0.3) is 0 Å². The van der Waals surface area contributed by atoms with Crippen LogP contribution in [0.1, 0.15) is 44.1 Å². The number of benzene rings is 1. The third-order valence-electron chi connectivity index (χ3n) is 5.19. The van der Waals surface area contributed by atoms with E-state index in [2.05, 4.69) is 33.8 Å². The molecule has 162 valence electrons. The maximum absolute atomic E-state index is 12.9. The van der Waals surface area contributed by atoms with Crippen LogP contribution in [-0.4, -0.2) is 38.5 Å². The van der Waals surface area contributed by atoms with Gasteiger partial charge in [0.1, 0.15) is 0 Å². The molecule has 1 N–H and O–H groups in total. The highest BCUT2D eigenvalue weighted by atomic mass is 16.5. The summed E-state index contributed by atoms with van der Waals surface area (Å²) in [5.74, 6) is 1.01. The molecule has 1 amide bonds. The molecule has 0 unspecified atom stereocenters. The van der Waals surface area contributed by atoms with Crippen LogP contribution >= 0.6 is 0 Å². The van der Waals surface area contributed by atoms with Crippen molar-refractivity contribution in [3.8, 4) is 0 Å². The molecule has 0 fully saturated rings. The molecule has 0 aliphatic rings. The molecule has 30 heavy (non-hydrogen) atoms. The predicted molar refractivity (Wildman–Crippen MR) is 120 cm³/mol.